The fraction of sp³-hybridized carbons (Fsp3) is 0.750. The lowest BCUT2D eigenvalue weighted by Crippen LogP contribution is -2.38. The molecule has 0 aliphatic heterocycles. The first-order chi connectivity index (χ1) is 5.02. The molecule has 0 aliphatic carbocycles. The minimum absolute atomic E-state index is 0.131. The van der Waals surface area contributed by atoms with E-state index in [1.54, 1.807) is 6.54 Å². The average molecular weight is 157 g/mol. The van der Waals surface area contributed by atoms with Crippen LogP contribution in [0.5, 0.6) is 0 Å². The molecule has 0 aromatic carbocycles. The molecule has 0 aromatic rings. The van der Waals surface area contributed by atoms with Crippen molar-refractivity contribution in [2.45, 2.75) is 33.7 Å². The van der Waals surface area contributed by atoms with Gasteiger partial charge in [-0.15, -0.1) is 0 Å². The molecule has 0 saturated heterocycles. The number of rotatable bonds is 3. The highest BCUT2D eigenvalue weighted by Crippen LogP contribution is 1.92. The molecular formula is C8H17N2O. The van der Waals surface area contributed by atoms with E-state index >= 15 is 0 Å². The van der Waals surface area contributed by atoms with E-state index in [1.165, 1.54) is 0 Å². The van der Waals surface area contributed by atoms with Crippen LogP contribution in [0.15, 0.2) is 0 Å². The molecule has 0 bridgehead atoms. The third-order valence-electron chi connectivity index (χ3n) is 0.968. The highest BCUT2D eigenvalue weighted by molar-refractivity contribution is 5.74. The standard InChI is InChI=1S/C8H17N2O/c1-6(2)5-9-8(11)10-7(3)4/h5-7H,1-4H3,(H2,9,10,11). The summed E-state index contributed by atoms with van der Waals surface area (Å²) in [5.74, 6) is 0.382. The predicted octanol–water partition coefficient (Wildman–Crippen LogP) is 1.51. The second-order valence-electron chi connectivity index (χ2n) is 3.18. The first kappa shape index (κ1) is 10.3. The van der Waals surface area contributed by atoms with Crippen LogP contribution in [0.1, 0.15) is 27.7 Å². The highest BCUT2D eigenvalue weighted by atomic mass is 16.2. The van der Waals surface area contributed by atoms with Gasteiger partial charge in [0.25, 0.3) is 0 Å². The molecule has 0 rings (SSSR count). The van der Waals surface area contributed by atoms with Crippen molar-refractivity contribution in [3.63, 3.8) is 0 Å². The lowest BCUT2D eigenvalue weighted by Gasteiger charge is -2.10. The molecule has 0 spiro atoms. The first-order valence-corrected chi connectivity index (χ1v) is 3.92. The minimum Gasteiger partial charge on any atom is -0.336 e. The van der Waals surface area contributed by atoms with E-state index in [9.17, 15) is 4.79 Å². The van der Waals surface area contributed by atoms with Crippen molar-refractivity contribution in [1.29, 1.82) is 0 Å². The normalized spacial score (nSPS) is 10.4. The second-order valence-corrected chi connectivity index (χ2v) is 3.18. The zero-order valence-corrected chi connectivity index (χ0v) is 7.64. The number of hydrogen-bond donors (Lipinski definition) is 2. The van der Waals surface area contributed by atoms with Gasteiger partial charge in [0.05, 0.1) is 6.54 Å². The smallest absolute Gasteiger partial charge is 0.315 e. The number of urea groups is 1. The van der Waals surface area contributed by atoms with Crippen LogP contribution >= 0.6 is 0 Å². The lowest BCUT2D eigenvalue weighted by molar-refractivity contribution is 0.240. The fourth-order valence-corrected chi connectivity index (χ4v) is 0.546. The van der Waals surface area contributed by atoms with E-state index in [4.69, 9.17) is 0 Å². The molecule has 2 N–H and O–H groups in total. The summed E-state index contributed by atoms with van der Waals surface area (Å²) < 4.78 is 0. The molecule has 0 aromatic heterocycles. The molecule has 1 radical (unpaired) electrons. The Bertz CT molecular complexity index is 121. The van der Waals surface area contributed by atoms with Crippen molar-refractivity contribution in [3.05, 3.63) is 6.54 Å². The Morgan fingerprint density at radius 2 is 1.82 bits per heavy atom. The summed E-state index contributed by atoms with van der Waals surface area (Å²) in [5, 5.41) is 5.36. The molecule has 0 saturated carbocycles. The molecule has 0 heterocycles. The molecule has 0 unspecified atom stereocenters. The van der Waals surface area contributed by atoms with Gasteiger partial charge >= 0.3 is 6.03 Å². The number of amides is 2. The van der Waals surface area contributed by atoms with Crippen molar-refractivity contribution >= 4 is 6.03 Å². The van der Waals surface area contributed by atoms with Gasteiger partial charge in [-0.25, -0.2) is 4.79 Å². The predicted molar refractivity (Wildman–Crippen MR) is 45.9 cm³/mol. The number of carbonyl (C=O) groups excluding carboxylic acids is 1. The van der Waals surface area contributed by atoms with Gasteiger partial charge in [-0.3, -0.25) is 0 Å². The molecular weight excluding hydrogens is 140 g/mol. The maximum absolute atomic E-state index is 10.9. The molecule has 3 nitrogen and oxygen atoms in total. The van der Waals surface area contributed by atoms with Crippen molar-refractivity contribution in [3.8, 4) is 0 Å². The fourth-order valence-electron chi connectivity index (χ4n) is 0.546. The van der Waals surface area contributed by atoms with Crippen LogP contribution in [0.4, 0.5) is 4.79 Å². The molecule has 2 amide bonds. The second kappa shape index (κ2) is 4.99. The van der Waals surface area contributed by atoms with E-state index in [0.29, 0.717) is 5.92 Å². The molecule has 3 heteroatoms. The largest absolute Gasteiger partial charge is 0.336 e. The first-order valence-electron chi connectivity index (χ1n) is 3.92. The SMILES string of the molecule is CC(C)[CH]NC(=O)NC(C)C. The van der Waals surface area contributed by atoms with Crippen LogP contribution in [-0.2, 0) is 0 Å². The van der Waals surface area contributed by atoms with Crippen molar-refractivity contribution in [2.75, 3.05) is 0 Å². The Kier molecular flexibility index (Phi) is 4.66. The molecule has 0 aliphatic rings. The van der Waals surface area contributed by atoms with Crippen LogP contribution in [0.25, 0.3) is 0 Å². The van der Waals surface area contributed by atoms with E-state index in [2.05, 4.69) is 10.6 Å². The van der Waals surface area contributed by atoms with Gasteiger partial charge in [-0.05, 0) is 19.8 Å². The zero-order valence-electron chi connectivity index (χ0n) is 7.64. The monoisotopic (exact) mass is 157 g/mol. The van der Waals surface area contributed by atoms with Crippen LogP contribution < -0.4 is 10.6 Å². The summed E-state index contributed by atoms with van der Waals surface area (Å²) in [6, 6.07) is 0.0595. The summed E-state index contributed by atoms with van der Waals surface area (Å²) in [6.45, 7) is 9.63. The third-order valence-corrected chi connectivity index (χ3v) is 0.968. The molecule has 11 heavy (non-hydrogen) atoms. The van der Waals surface area contributed by atoms with Gasteiger partial charge in [-0.1, -0.05) is 13.8 Å². The van der Waals surface area contributed by atoms with E-state index in [0.717, 1.165) is 0 Å². The van der Waals surface area contributed by atoms with E-state index < -0.39 is 0 Å². The Labute approximate surface area is 68.6 Å². The number of carbonyl (C=O) groups is 1. The van der Waals surface area contributed by atoms with Gasteiger partial charge in [0.2, 0.25) is 0 Å². The number of hydrogen-bond acceptors (Lipinski definition) is 1. The topological polar surface area (TPSA) is 41.1 Å². The maximum Gasteiger partial charge on any atom is 0.315 e. The lowest BCUT2D eigenvalue weighted by atomic mass is 10.2. The molecule has 0 fully saturated rings. The summed E-state index contributed by atoms with van der Waals surface area (Å²) in [7, 11) is 0. The van der Waals surface area contributed by atoms with Crippen LogP contribution in [-0.4, -0.2) is 12.1 Å². The highest BCUT2D eigenvalue weighted by Gasteiger charge is 2.02. The Morgan fingerprint density at radius 1 is 1.27 bits per heavy atom. The van der Waals surface area contributed by atoms with E-state index in [-0.39, 0.29) is 12.1 Å². The third kappa shape index (κ3) is 7.16. The van der Waals surface area contributed by atoms with Gasteiger partial charge in [-0.2, -0.15) is 0 Å². The van der Waals surface area contributed by atoms with E-state index in [1.807, 2.05) is 27.7 Å². The van der Waals surface area contributed by atoms with Crippen molar-refractivity contribution in [1.82, 2.24) is 10.6 Å². The van der Waals surface area contributed by atoms with Crippen LogP contribution in [0.3, 0.4) is 0 Å². The maximum atomic E-state index is 10.9. The Morgan fingerprint density at radius 3 is 2.18 bits per heavy atom. The van der Waals surface area contributed by atoms with Gasteiger partial charge in [0.15, 0.2) is 0 Å². The van der Waals surface area contributed by atoms with Crippen LogP contribution in [0, 0.1) is 12.5 Å². The summed E-state index contributed by atoms with van der Waals surface area (Å²) in [6.07, 6.45) is 0. The Balaban J connectivity index is 3.38. The number of nitrogens with one attached hydrogen (secondary N) is 2. The Hall–Kier alpha value is -0.730. The summed E-state index contributed by atoms with van der Waals surface area (Å²) >= 11 is 0. The summed E-state index contributed by atoms with van der Waals surface area (Å²) in [5.41, 5.74) is 0. The minimum atomic E-state index is -0.131. The molecule has 0 atom stereocenters. The molecule has 65 valence electrons. The van der Waals surface area contributed by atoms with Gasteiger partial charge in [0, 0.05) is 6.04 Å². The van der Waals surface area contributed by atoms with Crippen molar-refractivity contribution < 1.29 is 4.79 Å². The zero-order chi connectivity index (χ0) is 8.85. The van der Waals surface area contributed by atoms with Gasteiger partial charge in [0.1, 0.15) is 0 Å². The average Bonchev–Trinajstić information content (AvgIpc) is 1.82. The van der Waals surface area contributed by atoms with Crippen molar-refractivity contribution in [2.24, 2.45) is 5.92 Å². The summed E-state index contributed by atoms with van der Waals surface area (Å²) in [4.78, 5) is 10.9. The van der Waals surface area contributed by atoms with Gasteiger partial charge < -0.3 is 10.6 Å². The van der Waals surface area contributed by atoms with Crippen LogP contribution in [0.2, 0.25) is 0 Å². The quantitative estimate of drug-likeness (QED) is 0.640.